The summed E-state index contributed by atoms with van der Waals surface area (Å²) in [5.41, 5.74) is 0. The molecule has 0 rings (SSSR count). The third-order valence-electron chi connectivity index (χ3n) is 1.22. The molecule has 66 valence electrons. The molecule has 0 aliphatic heterocycles. The summed E-state index contributed by atoms with van der Waals surface area (Å²) in [5, 5.41) is 11.5. The summed E-state index contributed by atoms with van der Waals surface area (Å²) in [6.07, 6.45) is 0.963. The Morgan fingerprint density at radius 1 is 1.45 bits per heavy atom. The highest BCUT2D eigenvalue weighted by molar-refractivity contribution is 4.78. The number of rotatable bonds is 4. The molecule has 0 aliphatic carbocycles. The molecule has 0 amide bonds. The van der Waals surface area contributed by atoms with E-state index in [2.05, 4.69) is 18.3 Å². The van der Waals surface area contributed by atoms with Crippen molar-refractivity contribution in [2.75, 3.05) is 13.1 Å². The van der Waals surface area contributed by atoms with Crippen LogP contribution in [0, 0.1) is 17.2 Å². The summed E-state index contributed by atoms with van der Waals surface area (Å²) in [6, 6.07) is 2.18. The van der Waals surface area contributed by atoms with E-state index in [0.717, 1.165) is 19.5 Å². The highest BCUT2D eigenvalue weighted by Crippen LogP contribution is 1.95. The number of nitriles is 1. The minimum Gasteiger partial charge on any atom is -0.317 e. The Labute approximate surface area is 70.6 Å². The average Bonchev–Trinajstić information content (AvgIpc) is 2.08. The van der Waals surface area contributed by atoms with Crippen molar-refractivity contribution >= 4 is 0 Å². The molecule has 0 fully saturated rings. The van der Waals surface area contributed by atoms with Crippen LogP contribution in [0.5, 0.6) is 0 Å². The largest absolute Gasteiger partial charge is 0.317 e. The van der Waals surface area contributed by atoms with Gasteiger partial charge in [0, 0.05) is 5.92 Å². The Morgan fingerprint density at radius 3 is 2.36 bits per heavy atom. The van der Waals surface area contributed by atoms with Crippen molar-refractivity contribution in [1.82, 2.24) is 5.32 Å². The topological polar surface area (TPSA) is 35.8 Å². The summed E-state index contributed by atoms with van der Waals surface area (Å²) in [6.45, 7) is 9.97. The van der Waals surface area contributed by atoms with Gasteiger partial charge < -0.3 is 5.32 Å². The fraction of sp³-hybridized carbons (Fsp3) is 0.889. The molecule has 0 saturated carbocycles. The lowest BCUT2D eigenvalue weighted by molar-refractivity contribution is 0.595. The van der Waals surface area contributed by atoms with E-state index in [1.165, 1.54) is 0 Å². The Hall–Kier alpha value is -0.550. The van der Waals surface area contributed by atoms with Gasteiger partial charge in [0.05, 0.1) is 6.07 Å². The maximum absolute atomic E-state index is 8.36. The van der Waals surface area contributed by atoms with Gasteiger partial charge in [-0.15, -0.1) is 0 Å². The lowest BCUT2D eigenvalue weighted by atomic mass is 10.1. The number of nitrogens with zero attached hydrogens (tertiary/aromatic N) is 1. The van der Waals surface area contributed by atoms with Gasteiger partial charge in [0.2, 0.25) is 0 Å². The standard InChI is InChI=1S/C7H14N2.C2H6/c1-3-9-5-4-7(2)6-8;1-2/h7,9H,3-5H2,1-2H3;1-2H3. The van der Waals surface area contributed by atoms with Crippen molar-refractivity contribution in [2.24, 2.45) is 5.92 Å². The molecule has 0 aromatic carbocycles. The molecule has 0 aromatic rings. The molecule has 0 aliphatic rings. The van der Waals surface area contributed by atoms with Gasteiger partial charge in [-0.05, 0) is 26.4 Å². The predicted octanol–water partition coefficient (Wildman–Crippen LogP) is 2.17. The van der Waals surface area contributed by atoms with Gasteiger partial charge in [-0.1, -0.05) is 20.8 Å². The second kappa shape index (κ2) is 12.2. The fourth-order valence-corrected chi connectivity index (χ4v) is 0.560. The molecule has 1 atom stereocenters. The fourth-order valence-electron chi connectivity index (χ4n) is 0.560. The van der Waals surface area contributed by atoms with Gasteiger partial charge in [0.1, 0.15) is 0 Å². The Balaban J connectivity index is 0. The first-order chi connectivity index (χ1) is 5.31. The highest BCUT2D eigenvalue weighted by Gasteiger charge is 1.95. The maximum atomic E-state index is 8.36. The Morgan fingerprint density at radius 2 is 2.00 bits per heavy atom. The van der Waals surface area contributed by atoms with Crippen LogP contribution >= 0.6 is 0 Å². The van der Waals surface area contributed by atoms with E-state index < -0.39 is 0 Å². The van der Waals surface area contributed by atoms with Gasteiger partial charge in [0.15, 0.2) is 0 Å². The van der Waals surface area contributed by atoms with Crippen molar-refractivity contribution in [3.63, 3.8) is 0 Å². The van der Waals surface area contributed by atoms with E-state index in [-0.39, 0.29) is 5.92 Å². The normalized spacial score (nSPS) is 10.8. The smallest absolute Gasteiger partial charge is 0.0653 e. The lowest BCUT2D eigenvalue weighted by Crippen LogP contribution is -2.15. The maximum Gasteiger partial charge on any atom is 0.0653 e. The van der Waals surface area contributed by atoms with Gasteiger partial charge in [-0.25, -0.2) is 0 Å². The minimum absolute atomic E-state index is 0.198. The second-order valence-corrected chi connectivity index (χ2v) is 2.17. The third-order valence-corrected chi connectivity index (χ3v) is 1.22. The van der Waals surface area contributed by atoms with E-state index in [0.29, 0.717) is 0 Å². The van der Waals surface area contributed by atoms with Crippen molar-refractivity contribution in [2.45, 2.75) is 34.1 Å². The molecule has 0 heterocycles. The van der Waals surface area contributed by atoms with Crippen LogP contribution in [0.4, 0.5) is 0 Å². The van der Waals surface area contributed by atoms with E-state index in [1.54, 1.807) is 0 Å². The van der Waals surface area contributed by atoms with Crippen molar-refractivity contribution < 1.29 is 0 Å². The first-order valence-corrected chi connectivity index (χ1v) is 4.41. The van der Waals surface area contributed by atoms with Gasteiger partial charge >= 0.3 is 0 Å². The molecular weight excluding hydrogens is 136 g/mol. The average molecular weight is 156 g/mol. The molecule has 0 spiro atoms. The Bertz CT molecular complexity index is 94.2. The van der Waals surface area contributed by atoms with Crippen LogP contribution < -0.4 is 5.32 Å². The third kappa shape index (κ3) is 12.6. The highest BCUT2D eigenvalue weighted by atomic mass is 14.8. The SMILES string of the molecule is CC.CCNCCC(C)C#N. The van der Waals surface area contributed by atoms with Gasteiger partial charge in [-0.2, -0.15) is 5.26 Å². The zero-order valence-corrected chi connectivity index (χ0v) is 8.15. The summed E-state index contributed by atoms with van der Waals surface area (Å²) in [7, 11) is 0. The second-order valence-electron chi connectivity index (χ2n) is 2.17. The van der Waals surface area contributed by atoms with E-state index in [9.17, 15) is 0 Å². The van der Waals surface area contributed by atoms with E-state index >= 15 is 0 Å². The molecule has 1 unspecified atom stereocenters. The summed E-state index contributed by atoms with van der Waals surface area (Å²) >= 11 is 0. The number of hydrogen-bond donors (Lipinski definition) is 1. The minimum atomic E-state index is 0.198. The molecule has 0 radical (unpaired) electrons. The summed E-state index contributed by atoms with van der Waals surface area (Å²) < 4.78 is 0. The zero-order valence-electron chi connectivity index (χ0n) is 8.15. The first kappa shape index (κ1) is 13.1. The molecule has 1 N–H and O–H groups in total. The number of hydrogen-bond acceptors (Lipinski definition) is 2. The molecular formula is C9H20N2. The monoisotopic (exact) mass is 156 g/mol. The predicted molar refractivity (Wildman–Crippen MR) is 49.3 cm³/mol. The van der Waals surface area contributed by atoms with Crippen molar-refractivity contribution in [3.05, 3.63) is 0 Å². The molecule has 0 saturated heterocycles. The molecule has 2 nitrogen and oxygen atoms in total. The van der Waals surface area contributed by atoms with Crippen molar-refractivity contribution in [3.8, 4) is 6.07 Å². The van der Waals surface area contributed by atoms with Crippen molar-refractivity contribution in [1.29, 1.82) is 5.26 Å². The van der Waals surface area contributed by atoms with Crippen LogP contribution in [0.3, 0.4) is 0 Å². The van der Waals surface area contributed by atoms with E-state index in [4.69, 9.17) is 5.26 Å². The zero-order chi connectivity index (χ0) is 9.11. The van der Waals surface area contributed by atoms with Crippen LogP contribution in [0.25, 0.3) is 0 Å². The molecule has 0 aromatic heterocycles. The molecule has 11 heavy (non-hydrogen) atoms. The lowest BCUT2D eigenvalue weighted by Gasteiger charge is -2.00. The van der Waals surface area contributed by atoms with Crippen LogP contribution in [0.1, 0.15) is 34.1 Å². The first-order valence-electron chi connectivity index (χ1n) is 4.41. The van der Waals surface area contributed by atoms with Crippen LogP contribution in [-0.2, 0) is 0 Å². The summed E-state index contributed by atoms with van der Waals surface area (Å²) in [4.78, 5) is 0. The van der Waals surface area contributed by atoms with Crippen LogP contribution in [0.15, 0.2) is 0 Å². The summed E-state index contributed by atoms with van der Waals surface area (Å²) in [5.74, 6) is 0.198. The molecule has 0 bridgehead atoms. The van der Waals surface area contributed by atoms with Crippen LogP contribution in [0.2, 0.25) is 0 Å². The quantitative estimate of drug-likeness (QED) is 0.633. The Kier molecular flexibility index (Phi) is 14.4. The van der Waals surface area contributed by atoms with Gasteiger partial charge in [-0.3, -0.25) is 0 Å². The van der Waals surface area contributed by atoms with Gasteiger partial charge in [0.25, 0.3) is 0 Å². The number of nitrogens with one attached hydrogen (secondary N) is 1. The van der Waals surface area contributed by atoms with Crippen LogP contribution in [-0.4, -0.2) is 13.1 Å². The molecule has 2 heteroatoms. The van der Waals surface area contributed by atoms with E-state index in [1.807, 2.05) is 20.8 Å².